The van der Waals surface area contributed by atoms with E-state index in [9.17, 15) is 18.4 Å². The number of carboxylic acids is 1. The first-order valence-corrected chi connectivity index (χ1v) is 13.7. The van der Waals surface area contributed by atoms with Crippen molar-refractivity contribution in [3.63, 3.8) is 0 Å². The second-order valence-corrected chi connectivity index (χ2v) is 10.0. The highest BCUT2D eigenvalue weighted by molar-refractivity contribution is 6.30. The van der Waals surface area contributed by atoms with E-state index in [1.807, 2.05) is 36.4 Å². The number of ether oxygens (including phenoxy) is 1. The third-order valence-electron chi connectivity index (χ3n) is 6.19. The molecule has 0 aliphatic rings. The quantitative estimate of drug-likeness (QED) is 0.105. The van der Waals surface area contributed by atoms with Crippen molar-refractivity contribution in [3.8, 4) is 0 Å². The lowest BCUT2D eigenvalue weighted by Crippen LogP contribution is -1.95. The van der Waals surface area contributed by atoms with Crippen LogP contribution in [0.1, 0.15) is 35.1 Å². The van der Waals surface area contributed by atoms with E-state index in [0.29, 0.717) is 46.9 Å². The molecule has 0 aromatic heterocycles. The first kappa shape index (κ1) is 32.3. The van der Waals surface area contributed by atoms with Gasteiger partial charge < -0.3 is 9.84 Å². The molecule has 216 valence electrons. The molecule has 8 heteroatoms. The molecule has 0 amide bonds. The topological polar surface area (TPSA) is 63.6 Å². The van der Waals surface area contributed by atoms with Gasteiger partial charge in [-0.25, -0.2) is 13.6 Å². The standard InChI is InChI=1S/2C17H14ClFO2/c18-16-7-2-13(3-8-16)1-4-15(11-21-12-20)14-5-9-17(19)10-6-14;18-15-7-2-12(3-8-15)1-4-14(11-17(20)21)13-5-9-16(19)10-6-13/h2-3,5-12H,1,4H2;2-3,5-11H,1,4H2,(H,20,21)/b15-11+;14-11-. The molecule has 0 saturated heterocycles. The fraction of sp³-hybridized carbons (Fsp3) is 0.118. The Morgan fingerprint density at radius 3 is 1.48 bits per heavy atom. The van der Waals surface area contributed by atoms with Gasteiger partial charge in [-0.1, -0.05) is 71.7 Å². The monoisotopic (exact) mass is 608 g/mol. The molecule has 0 unspecified atom stereocenters. The Morgan fingerprint density at radius 2 is 1.07 bits per heavy atom. The predicted molar refractivity (Wildman–Crippen MR) is 163 cm³/mol. The van der Waals surface area contributed by atoms with Gasteiger partial charge in [0, 0.05) is 16.1 Å². The lowest BCUT2D eigenvalue weighted by Gasteiger charge is -2.08. The summed E-state index contributed by atoms with van der Waals surface area (Å²) in [7, 11) is 0. The molecule has 0 aliphatic carbocycles. The summed E-state index contributed by atoms with van der Waals surface area (Å²) in [5.41, 5.74) is 5.23. The van der Waals surface area contributed by atoms with Gasteiger partial charge in [0.25, 0.3) is 6.47 Å². The Labute approximate surface area is 253 Å². The minimum absolute atomic E-state index is 0.299. The zero-order valence-electron chi connectivity index (χ0n) is 22.5. The first-order chi connectivity index (χ1) is 20.2. The summed E-state index contributed by atoms with van der Waals surface area (Å²) < 4.78 is 30.7. The Hall–Kier alpha value is -4.26. The molecule has 4 aromatic carbocycles. The average Bonchev–Trinajstić information content (AvgIpc) is 2.98. The van der Waals surface area contributed by atoms with Crippen LogP contribution in [0.4, 0.5) is 8.78 Å². The normalized spacial score (nSPS) is 11.3. The molecule has 4 aromatic rings. The van der Waals surface area contributed by atoms with Crippen LogP contribution >= 0.6 is 23.2 Å². The van der Waals surface area contributed by atoms with Crippen molar-refractivity contribution < 1.29 is 28.2 Å². The molecule has 0 atom stereocenters. The van der Waals surface area contributed by atoms with Crippen molar-refractivity contribution in [1.29, 1.82) is 0 Å². The average molecular weight is 609 g/mol. The van der Waals surface area contributed by atoms with Gasteiger partial charge in [0.05, 0.1) is 6.26 Å². The second-order valence-electron chi connectivity index (χ2n) is 9.15. The molecule has 0 heterocycles. The summed E-state index contributed by atoms with van der Waals surface area (Å²) >= 11 is 11.7. The largest absolute Gasteiger partial charge is 0.478 e. The number of allylic oxidation sites excluding steroid dienone is 2. The lowest BCUT2D eigenvalue weighted by atomic mass is 9.98. The van der Waals surface area contributed by atoms with Crippen LogP contribution in [0.25, 0.3) is 11.1 Å². The molecule has 0 saturated carbocycles. The van der Waals surface area contributed by atoms with Gasteiger partial charge in [0.1, 0.15) is 11.6 Å². The third kappa shape index (κ3) is 11.3. The number of benzene rings is 4. The summed E-state index contributed by atoms with van der Waals surface area (Å²) in [4.78, 5) is 21.3. The van der Waals surface area contributed by atoms with Crippen LogP contribution in [-0.2, 0) is 27.2 Å². The van der Waals surface area contributed by atoms with E-state index in [0.717, 1.165) is 28.7 Å². The lowest BCUT2D eigenvalue weighted by molar-refractivity contribution is -0.131. The maximum absolute atomic E-state index is 13.0. The zero-order chi connectivity index (χ0) is 30.3. The van der Waals surface area contributed by atoms with Crippen molar-refractivity contribution in [1.82, 2.24) is 0 Å². The van der Waals surface area contributed by atoms with Crippen LogP contribution in [0.15, 0.2) is 109 Å². The molecule has 0 fully saturated rings. The number of carboxylic acid groups (broad SMARTS) is 1. The molecule has 0 bridgehead atoms. The van der Waals surface area contributed by atoms with Crippen molar-refractivity contribution in [2.45, 2.75) is 25.7 Å². The smallest absolute Gasteiger partial charge is 0.328 e. The predicted octanol–water partition coefficient (Wildman–Crippen LogP) is 9.21. The number of hydrogen-bond donors (Lipinski definition) is 1. The number of aliphatic carboxylic acids is 1. The van der Waals surface area contributed by atoms with Gasteiger partial charge in [-0.2, -0.15) is 0 Å². The SMILES string of the molecule is O=C(O)/C=C(/CCc1ccc(Cl)cc1)c1ccc(F)cc1.O=CO/C=C(\CCc1ccc(Cl)cc1)c1ccc(F)cc1. The molecule has 0 spiro atoms. The van der Waals surface area contributed by atoms with Gasteiger partial charge in [-0.15, -0.1) is 0 Å². The molecule has 1 N–H and O–H groups in total. The van der Waals surface area contributed by atoms with E-state index in [-0.39, 0.29) is 11.6 Å². The van der Waals surface area contributed by atoms with E-state index in [1.165, 1.54) is 36.6 Å². The van der Waals surface area contributed by atoms with Crippen molar-refractivity contribution >= 4 is 46.8 Å². The minimum Gasteiger partial charge on any atom is -0.478 e. The number of halogens is 4. The maximum Gasteiger partial charge on any atom is 0.328 e. The maximum atomic E-state index is 13.0. The van der Waals surface area contributed by atoms with E-state index in [2.05, 4.69) is 0 Å². The van der Waals surface area contributed by atoms with Crippen LogP contribution < -0.4 is 0 Å². The van der Waals surface area contributed by atoms with Crippen LogP contribution in [0.3, 0.4) is 0 Å². The number of carbonyl (C=O) groups is 2. The summed E-state index contributed by atoms with van der Waals surface area (Å²) in [5, 5.41) is 10.3. The summed E-state index contributed by atoms with van der Waals surface area (Å²) in [6.07, 6.45) is 5.25. The Morgan fingerprint density at radius 1 is 0.667 bits per heavy atom. The molecule has 42 heavy (non-hydrogen) atoms. The van der Waals surface area contributed by atoms with Crippen molar-refractivity contribution in [2.75, 3.05) is 0 Å². The third-order valence-corrected chi connectivity index (χ3v) is 6.69. The molecule has 4 rings (SSSR count). The van der Waals surface area contributed by atoms with Gasteiger partial charge in [-0.3, -0.25) is 4.79 Å². The zero-order valence-corrected chi connectivity index (χ0v) is 24.0. The van der Waals surface area contributed by atoms with Crippen LogP contribution in [0, 0.1) is 11.6 Å². The number of aryl methyl sites for hydroxylation is 2. The highest BCUT2D eigenvalue weighted by Gasteiger charge is 2.07. The Kier molecular flexibility index (Phi) is 13.0. The number of carbonyl (C=O) groups excluding carboxylic acids is 1. The van der Waals surface area contributed by atoms with E-state index in [4.69, 9.17) is 33.0 Å². The second kappa shape index (κ2) is 16.9. The van der Waals surface area contributed by atoms with Gasteiger partial charge >= 0.3 is 5.97 Å². The van der Waals surface area contributed by atoms with Gasteiger partial charge in [0.15, 0.2) is 0 Å². The molecule has 0 radical (unpaired) electrons. The highest BCUT2D eigenvalue weighted by atomic mass is 35.5. The van der Waals surface area contributed by atoms with Crippen molar-refractivity contribution in [2.24, 2.45) is 0 Å². The van der Waals surface area contributed by atoms with Crippen molar-refractivity contribution in [3.05, 3.63) is 153 Å². The fourth-order valence-corrected chi connectivity index (χ4v) is 4.27. The summed E-state index contributed by atoms with van der Waals surface area (Å²) in [6.45, 7) is 0.367. The van der Waals surface area contributed by atoms with Crippen LogP contribution in [0.5, 0.6) is 0 Å². The molecule has 4 nitrogen and oxygen atoms in total. The summed E-state index contributed by atoms with van der Waals surface area (Å²) in [6, 6.07) is 26.9. The van der Waals surface area contributed by atoms with E-state index < -0.39 is 5.97 Å². The molecule has 0 aliphatic heterocycles. The first-order valence-electron chi connectivity index (χ1n) is 13.0. The Balaban J connectivity index is 0.000000230. The fourth-order valence-electron chi connectivity index (χ4n) is 4.02. The van der Waals surface area contributed by atoms with E-state index in [1.54, 1.807) is 36.4 Å². The number of rotatable bonds is 11. The Bertz CT molecular complexity index is 1500. The molecular weight excluding hydrogens is 581 g/mol. The number of hydrogen-bond acceptors (Lipinski definition) is 3. The van der Waals surface area contributed by atoms with Gasteiger partial charge in [0.2, 0.25) is 0 Å². The van der Waals surface area contributed by atoms with Crippen LogP contribution in [-0.4, -0.2) is 17.5 Å². The highest BCUT2D eigenvalue weighted by Crippen LogP contribution is 2.23. The minimum atomic E-state index is -1.01. The van der Waals surface area contributed by atoms with Gasteiger partial charge in [-0.05, 0) is 108 Å². The van der Waals surface area contributed by atoms with E-state index >= 15 is 0 Å². The summed E-state index contributed by atoms with van der Waals surface area (Å²) in [5.74, 6) is -1.65. The van der Waals surface area contributed by atoms with Crippen LogP contribution in [0.2, 0.25) is 10.0 Å². The molecular formula is C34H28Cl2F2O4.